The molecule has 2 aromatic carbocycles. The molecule has 0 N–H and O–H groups in total. The van der Waals surface area contributed by atoms with E-state index in [0.717, 1.165) is 28.8 Å². The van der Waals surface area contributed by atoms with Gasteiger partial charge in [-0.2, -0.15) is 0 Å². The molecule has 3 aromatic rings. The van der Waals surface area contributed by atoms with E-state index in [1.54, 1.807) is 6.20 Å². The second kappa shape index (κ2) is 7.44. The summed E-state index contributed by atoms with van der Waals surface area (Å²) in [7, 11) is 8.08. The number of carbonyl (C=O) groups excluding carboxylic acids is 1. The lowest BCUT2D eigenvalue weighted by atomic mass is 9.97. The second-order valence-electron chi connectivity index (χ2n) is 6.69. The standard InChI is InChI=1S/C21H24N4O/c1-23(2)18-9-5-16(6-10-18)21(25-14-13-22-20(25)15-26)17-7-11-19(12-8-17)24(3)4/h5-15,21H,1-4H3. The van der Waals surface area contributed by atoms with E-state index in [9.17, 15) is 4.79 Å². The van der Waals surface area contributed by atoms with Gasteiger partial charge in [-0.05, 0) is 35.4 Å². The fourth-order valence-corrected chi connectivity index (χ4v) is 3.06. The third kappa shape index (κ3) is 3.47. The highest BCUT2D eigenvalue weighted by Crippen LogP contribution is 2.30. The van der Waals surface area contributed by atoms with Gasteiger partial charge in [-0.25, -0.2) is 4.98 Å². The van der Waals surface area contributed by atoms with Crippen LogP contribution in [0.25, 0.3) is 0 Å². The maximum atomic E-state index is 11.4. The van der Waals surface area contributed by atoms with Crippen LogP contribution in [0.3, 0.4) is 0 Å². The number of anilines is 2. The molecule has 134 valence electrons. The summed E-state index contributed by atoms with van der Waals surface area (Å²) in [6.07, 6.45) is 4.32. The smallest absolute Gasteiger partial charge is 0.185 e. The van der Waals surface area contributed by atoms with Crippen molar-refractivity contribution in [2.45, 2.75) is 6.04 Å². The molecule has 0 aliphatic carbocycles. The monoisotopic (exact) mass is 348 g/mol. The first-order valence-corrected chi connectivity index (χ1v) is 8.54. The van der Waals surface area contributed by atoms with Crippen LogP contribution < -0.4 is 9.80 Å². The molecule has 0 bridgehead atoms. The van der Waals surface area contributed by atoms with E-state index < -0.39 is 0 Å². The number of hydrogen-bond donors (Lipinski definition) is 0. The molecule has 0 radical (unpaired) electrons. The fraction of sp³-hybridized carbons (Fsp3) is 0.238. The number of rotatable bonds is 6. The van der Waals surface area contributed by atoms with Gasteiger partial charge in [0, 0.05) is 52.0 Å². The number of carbonyl (C=O) groups is 1. The van der Waals surface area contributed by atoms with Gasteiger partial charge in [-0.1, -0.05) is 24.3 Å². The molecule has 5 nitrogen and oxygen atoms in total. The first-order valence-electron chi connectivity index (χ1n) is 8.54. The maximum absolute atomic E-state index is 11.4. The number of aldehydes is 1. The Bertz CT molecular complexity index is 812. The molecule has 0 aliphatic heterocycles. The molecule has 1 aromatic heterocycles. The average Bonchev–Trinajstić information content (AvgIpc) is 3.11. The van der Waals surface area contributed by atoms with Crippen LogP contribution in [0.15, 0.2) is 60.9 Å². The SMILES string of the molecule is CN(C)c1ccc(C(c2ccc(N(C)C)cc2)n2ccnc2C=O)cc1. The Balaban J connectivity index is 2.08. The topological polar surface area (TPSA) is 41.4 Å². The van der Waals surface area contributed by atoms with Crippen molar-refractivity contribution in [3.05, 3.63) is 77.9 Å². The lowest BCUT2D eigenvalue weighted by Crippen LogP contribution is -2.15. The number of hydrogen-bond acceptors (Lipinski definition) is 4. The van der Waals surface area contributed by atoms with E-state index in [0.29, 0.717) is 5.82 Å². The minimum atomic E-state index is -0.106. The van der Waals surface area contributed by atoms with Gasteiger partial charge in [0.2, 0.25) is 0 Å². The summed E-state index contributed by atoms with van der Waals surface area (Å²) in [6.45, 7) is 0. The van der Waals surface area contributed by atoms with E-state index in [1.807, 2.05) is 39.0 Å². The number of nitrogens with zero attached hydrogens (tertiary/aromatic N) is 4. The van der Waals surface area contributed by atoms with Crippen molar-refractivity contribution in [3.8, 4) is 0 Å². The molecule has 0 atom stereocenters. The summed E-state index contributed by atoms with van der Waals surface area (Å²) in [5, 5.41) is 0. The molecule has 0 spiro atoms. The summed E-state index contributed by atoms with van der Waals surface area (Å²) < 4.78 is 1.92. The largest absolute Gasteiger partial charge is 0.378 e. The number of benzene rings is 2. The van der Waals surface area contributed by atoms with Crippen LogP contribution in [0.1, 0.15) is 27.8 Å². The van der Waals surface area contributed by atoms with Crippen molar-refractivity contribution in [1.82, 2.24) is 9.55 Å². The average molecular weight is 348 g/mol. The summed E-state index contributed by atoms with van der Waals surface area (Å²) in [5.41, 5.74) is 4.48. The number of aromatic nitrogens is 2. The Kier molecular flexibility index (Phi) is 5.07. The molecule has 0 saturated heterocycles. The molecule has 1 heterocycles. The van der Waals surface area contributed by atoms with Crippen molar-refractivity contribution < 1.29 is 4.79 Å². The Hall–Kier alpha value is -3.08. The molecule has 0 aliphatic rings. The Morgan fingerprint density at radius 2 is 1.31 bits per heavy atom. The zero-order chi connectivity index (χ0) is 18.7. The molecule has 0 fully saturated rings. The number of imidazole rings is 1. The van der Waals surface area contributed by atoms with Crippen LogP contribution in [0.4, 0.5) is 11.4 Å². The van der Waals surface area contributed by atoms with Crippen molar-refractivity contribution in [2.24, 2.45) is 0 Å². The van der Waals surface area contributed by atoms with E-state index >= 15 is 0 Å². The van der Waals surface area contributed by atoms with Gasteiger partial charge < -0.3 is 14.4 Å². The van der Waals surface area contributed by atoms with E-state index in [1.165, 1.54) is 0 Å². The highest BCUT2D eigenvalue weighted by atomic mass is 16.1. The first kappa shape index (κ1) is 17.7. The molecular weight excluding hydrogens is 324 g/mol. The van der Waals surface area contributed by atoms with Gasteiger partial charge in [0.1, 0.15) is 0 Å². The summed E-state index contributed by atoms with van der Waals surface area (Å²) in [6, 6.07) is 16.7. The fourth-order valence-electron chi connectivity index (χ4n) is 3.06. The zero-order valence-electron chi connectivity index (χ0n) is 15.6. The quantitative estimate of drug-likeness (QED) is 0.640. The van der Waals surface area contributed by atoms with Gasteiger partial charge in [0.15, 0.2) is 12.1 Å². The van der Waals surface area contributed by atoms with E-state index in [-0.39, 0.29) is 6.04 Å². The van der Waals surface area contributed by atoms with Crippen LogP contribution in [0.2, 0.25) is 0 Å². The highest BCUT2D eigenvalue weighted by Gasteiger charge is 2.19. The summed E-state index contributed by atoms with van der Waals surface area (Å²) in [5.74, 6) is 0.420. The lowest BCUT2D eigenvalue weighted by Gasteiger charge is -2.23. The predicted molar refractivity (Wildman–Crippen MR) is 106 cm³/mol. The summed E-state index contributed by atoms with van der Waals surface area (Å²) >= 11 is 0. The van der Waals surface area contributed by atoms with Gasteiger partial charge in [-0.15, -0.1) is 0 Å². The van der Waals surface area contributed by atoms with Crippen LogP contribution >= 0.6 is 0 Å². The molecule has 0 amide bonds. The van der Waals surface area contributed by atoms with E-state index in [4.69, 9.17) is 0 Å². The molecule has 26 heavy (non-hydrogen) atoms. The van der Waals surface area contributed by atoms with Gasteiger partial charge >= 0.3 is 0 Å². The van der Waals surface area contributed by atoms with Crippen LogP contribution in [-0.4, -0.2) is 44.0 Å². The third-order valence-corrected chi connectivity index (χ3v) is 4.53. The highest BCUT2D eigenvalue weighted by molar-refractivity contribution is 5.69. The Labute approximate surface area is 154 Å². The zero-order valence-corrected chi connectivity index (χ0v) is 15.6. The Morgan fingerprint density at radius 3 is 1.69 bits per heavy atom. The van der Waals surface area contributed by atoms with Crippen molar-refractivity contribution in [2.75, 3.05) is 38.0 Å². The first-order chi connectivity index (χ1) is 12.5. The van der Waals surface area contributed by atoms with Crippen LogP contribution in [0, 0.1) is 0 Å². The predicted octanol–water partition coefficient (Wildman–Crippen LogP) is 3.47. The van der Waals surface area contributed by atoms with E-state index in [2.05, 4.69) is 63.3 Å². The van der Waals surface area contributed by atoms with Crippen molar-refractivity contribution in [3.63, 3.8) is 0 Å². The minimum absolute atomic E-state index is 0.106. The summed E-state index contributed by atoms with van der Waals surface area (Å²) in [4.78, 5) is 19.8. The minimum Gasteiger partial charge on any atom is -0.378 e. The molecule has 0 unspecified atom stereocenters. The van der Waals surface area contributed by atoms with Gasteiger partial charge in [0.05, 0.1) is 6.04 Å². The third-order valence-electron chi connectivity index (χ3n) is 4.53. The second-order valence-corrected chi connectivity index (χ2v) is 6.69. The lowest BCUT2D eigenvalue weighted by molar-refractivity contribution is 0.111. The molecule has 3 rings (SSSR count). The van der Waals surface area contributed by atoms with Gasteiger partial charge in [0.25, 0.3) is 0 Å². The van der Waals surface area contributed by atoms with Crippen LogP contribution in [-0.2, 0) is 0 Å². The van der Waals surface area contributed by atoms with Crippen molar-refractivity contribution >= 4 is 17.7 Å². The van der Waals surface area contributed by atoms with Gasteiger partial charge in [-0.3, -0.25) is 4.79 Å². The normalized spacial score (nSPS) is 10.8. The molecular formula is C21H24N4O. The molecule has 5 heteroatoms. The molecule has 0 saturated carbocycles. The Morgan fingerprint density at radius 1 is 0.846 bits per heavy atom. The maximum Gasteiger partial charge on any atom is 0.185 e. The van der Waals surface area contributed by atoms with Crippen molar-refractivity contribution in [1.29, 1.82) is 0 Å². The van der Waals surface area contributed by atoms with Crippen LogP contribution in [0.5, 0.6) is 0 Å².